The van der Waals surface area contributed by atoms with Crippen LogP contribution in [0.2, 0.25) is 5.02 Å². The van der Waals surface area contributed by atoms with Crippen LogP contribution in [-0.4, -0.2) is 50.8 Å². The Kier molecular flexibility index (Phi) is 5.70. The van der Waals surface area contributed by atoms with Gasteiger partial charge in [0.05, 0.1) is 34.5 Å². The molecule has 168 valence electrons. The molecule has 0 radical (unpaired) electrons. The molecule has 1 fully saturated rings. The first-order chi connectivity index (χ1) is 16.0. The van der Waals surface area contributed by atoms with Crippen molar-refractivity contribution in [1.82, 2.24) is 24.6 Å². The number of aromatic amines is 1. The molecule has 1 atom stereocenters. The molecule has 1 aliphatic rings. The molecule has 1 unspecified atom stereocenters. The van der Waals surface area contributed by atoms with Crippen LogP contribution >= 0.6 is 11.6 Å². The molecule has 33 heavy (non-hydrogen) atoms. The molecule has 0 saturated carbocycles. The van der Waals surface area contributed by atoms with E-state index in [1.807, 2.05) is 55.5 Å². The molecule has 0 spiro atoms. The molecule has 0 bridgehead atoms. The zero-order chi connectivity index (χ0) is 22.9. The number of halogens is 1. The summed E-state index contributed by atoms with van der Waals surface area (Å²) in [6.45, 7) is 4.86. The van der Waals surface area contributed by atoms with E-state index in [1.165, 1.54) is 4.68 Å². The second-order valence-electron chi connectivity index (χ2n) is 8.06. The molecule has 1 N–H and O–H groups in total. The van der Waals surface area contributed by atoms with E-state index in [9.17, 15) is 9.59 Å². The van der Waals surface area contributed by atoms with Gasteiger partial charge in [-0.25, -0.2) is 4.98 Å². The van der Waals surface area contributed by atoms with Crippen LogP contribution in [-0.2, 0) is 0 Å². The van der Waals surface area contributed by atoms with E-state index in [0.717, 1.165) is 13.1 Å². The second kappa shape index (κ2) is 8.80. The topological polar surface area (TPSA) is 87.1 Å². The maximum atomic E-state index is 12.8. The van der Waals surface area contributed by atoms with E-state index < -0.39 is 0 Å². The van der Waals surface area contributed by atoms with Gasteiger partial charge in [0.25, 0.3) is 11.1 Å². The third-order valence-electron chi connectivity index (χ3n) is 6.13. The number of aromatic nitrogens is 4. The van der Waals surface area contributed by atoms with Gasteiger partial charge < -0.3 is 9.88 Å². The molecular formula is C24H23ClN6O2. The minimum atomic E-state index is -0.339. The summed E-state index contributed by atoms with van der Waals surface area (Å²) in [5.74, 6) is 0.650. The first-order valence-electron chi connectivity index (χ1n) is 10.8. The van der Waals surface area contributed by atoms with Gasteiger partial charge in [0.15, 0.2) is 0 Å². The van der Waals surface area contributed by atoms with Crippen molar-refractivity contribution in [2.75, 3.05) is 31.1 Å². The van der Waals surface area contributed by atoms with Gasteiger partial charge >= 0.3 is 0 Å². The maximum absolute atomic E-state index is 12.8. The van der Waals surface area contributed by atoms with Crippen molar-refractivity contribution in [3.05, 3.63) is 92.3 Å². The fourth-order valence-electron chi connectivity index (χ4n) is 4.22. The molecule has 8 nitrogen and oxygen atoms in total. The second-order valence-corrected chi connectivity index (χ2v) is 8.44. The average molecular weight is 463 g/mol. The van der Waals surface area contributed by atoms with Gasteiger partial charge in [-0.1, -0.05) is 41.9 Å². The minimum absolute atomic E-state index is 0.0517. The summed E-state index contributed by atoms with van der Waals surface area (Å²) in [5, 5.41) is 5.09. The molecule has 2 aromatic heterocycles. The van der Waals surface area contributed by atoms with Gasteiger partial charge in [0.1, 0.15) is 10.8 Å². The summed E-state index contributed by atoms with van der Waals surface area (Å²) in [5.41, 5.74) is 1.54. The summed E-state index contributed by atoms with van der Waals surface area (Å²) in [7, 11) is 0. The standard InChI is InChI=1S/C24H23ClN6O2/c1-16(22-27-19-10-6-5-9-18(19)23(32)28-22)29-11-13-30(14-12-29)20-15-26-31(24(33)21(20)25)17-7-3-2-4-8-17/h2-10,15-16H,11-14H2,1H3,(H,27,28,32). The van der Waals surface area contributed by atoms with Gasteiger partial charge in [-0.2, -0.15) is 9.78 Å². The molecule has 0 amide bonds. The lowest BCUT2D eigenvalue weighted by Gasteiger charge is -2.38. The zero-order valence-corrected chi connectivity index (χ0v) is 18.9. The molecule has 2 aromatic carbocycles. The number of rotatable bonds is 4. The number of anilines is 1. The number of benzene rings is 2. The van der Waals surface area contributed by atoms with Crippen LogP contribution < -0.4 is 16.0 Å². The first kappa shape index (κ1) is 21.4. The van der Waals surface area contributed by atoms with Crippen molar-refractivity contribution in [3.8, 4) is 5.69 Å². The Morgan fingerprint density at radius 2 is 1.67 bits per heavy atom. The predicted molar refractivity (Wildman–Crippen MR) is 129 cm³/mol. The Balaban J connectivity index is 1.33. The number of fused-ring (bicyclic) bond motifs is 1. The molecule has 1 aliphatic heterocycles. The van der Waals surface area contributed by atoms with Crippen LogP contribution in [0.15, 0.2) is 70.4 Å². The van der Waals surface area contributed by atoms with Crippen LogP contribution in [0.3, 0.4) is 0 Å². The summed E-state index contributed by atoms with van der Waals surface area (Å²) < 4.78 is 1.31. The fourth-order valence-corrected chi connectivity index (χ4v) is 4.47. The van der Waals surface area contributed by atoms with Gasteiger partial charge in [0.2, 0.25) is 0 Å². The molecule has 5 rings (SSSR count). The number of nitrogens with one attached hydrogen (secondary N) is 1. The average Bonchev–Trinajstić information content (AvgIpc) is 2.86. The third-order valence-corrected chi connectivity index (χ3v) is 6.49. The van der Waals surface area contributed by atoms with E-state index in [-0.39, 0.29) is 22.2 Å². The minimum Gasteiger partial charge on any atom is -0.366 e. The lowest BCUT2D eigenvalue weighted by atomic mass is 10.2. The lowest BCUT2D eigenvalue weighted by molar-refractivity contribution is 0.191. The summed E-state index contributed by atoms with van der Waals surface area (Å²) >= 11 is 6.47. The Morgan fingerprint density at radius 1 is 0.970 bits per heavy atom. The summed E-state index contributed by atoms with van der Waals surface area (Å²) in [6, 6.07) is 16.5. The Labute approximate surface area is 195 Å². The van der Waals surface area contributed by atoms with E-state index in [4.69, 9.17) is 11.6 Å². The first-order valence-corrected chi connectivity index (χ1v) is 11.2. The largest absolute Gasteiger partial charge is 0.366 e. The monoisotopic (exact) mass is 462 g/mol. The lowest BCUT2D eigenvalue weighted by Crippen LogP contribution is -2.48. The highest BCUT2D eigenvalue weighted by atomic mass is 35.5. The SMILES string of the molecule is CC(c1nc2ccccc2c(=O)[nH]1)N1CCN(c2cnn(-c3ccccc3)c(=O)c2Cl)CC1. The van der Waals surface area contributed by atoms with E-state index in [2.05, 4.69) is 24.9 Å². The van der Waals surface area contributed by atoms with Crippen LogP contribution in [0.1, 0.15) is 18.8 Å². The highest BCUT2D eigenvalue weighted by Crippen LogP contribution is 2.25. The predicted octanol–water partition coefficient (Wildman–Crippen LogP) is 3.01. The quantitative estimate of drug-likeness (QED) is 0.501. The summed E-state index contributed by atoms with van der Waals surface area (Å²) in [6.07, 6.45) is 1.65. The smallest absolute Gasteiger partial charge is 0.292 e. The van der Waals surface area contributed by atoms with Crippen molar-refractivity contribution < 1.29 is 0 Å². The van der Waals surface area contributed by atoms with Crippen molar-refractivity contribution in [3.63, 3.8) is 0 Å². The van der Waals surface area contributed by atoms with Crippen LogP contribution in [0.4, 0.5) is 5.69 Å². The fraction of sp³-hybridized carbons (Fsp3) is 0.250. The Morgan fingerprint density at radius 3 is 2.42 bits per heavy atom. The highest BCUT2D eigenvalue weighted by Gasteiger charge is 2.26. The maximum Gasteiger partial charge on any atom is 0.292 e. The summed E-state index contributed by atoms with van der Waals surface area (Å²) in [4.78, 5) is 37.2. The molecular weight excluding hydrogens is 440 g/mol. The Hall–Kier alpha value is -3.49. The van der Waals surface area contributed by atoms with Crippen LogP contribution in [0.25, 0.3) is 16.6 Å². The zero-order valence-electron chi connectivity index (χ0n) is 18.1. The molecule has 0 aliphatic carbocycles. The molecule has 1 saturated heterocycles. The number of para-hydroxylation sites is 2. The number of H-pyrrole nitrogens is 1. The van der Waals surface area contributed by atoms with Gasteiger partial charge in [-0.15, -0.1) is 0 Å². The van der Waals surface area contributed by atoms with E-state index in [0.29, 0.717) is 41.2 Å². The van der Waals surface area contributed by atoms with Gasteiger partial charge in [-0.3, -0.25) is 14.5 Å². The number of hydrogen-bond donors (Lipinski definition) is 1. The van der Waals surface area contributed by atoms with Crippen molar-refractivity contribution in [2.45, 2.75) is 13.0 Å². The molecule has 4 aromatic rings. The number of hydrogen-bond acceptors (Lipinski definition) is 6. The van der Waals surface area contributed by atoms with E-state index >= 15 is 0 Å². The van der Waals surface area contributed by atoms with Crippen LogP contribution in [0, 0.1) is 0 Å². The Bertz CT molecular complexity index is 1410. The highest BCUT2D eigenvalue weighted by molar-refractivity contribution is 6.33. The van der Waals surface area contributed by atoms with Gasteiger partial charge in [0, 0.05) is 26.2 Å². The van der Waals surface area contributed by atoms with Crippen molar-refractivity contribution >= 4 is 28.2 Å². The number of piperazine rings is 1. The van der Waals surface area contributed by atoms with E-state index in [1.54, 1.807) is 12.3 Å². The van der Waals surface area contributed by atoms with Crippen molar-refractivity contribution in [2.24, 2.45) is 0 Å². The van der Waals surface area contributed by atoms with Gasteiger partial charge in [-0.05, 0) is 31.2 Å². The number of nitrogens with zero attached hydrogens (tertiary/aromatic N) is 5. The molecule has 9 heteroatoms. The van der Waals surface area contributed by atoms with Crippen molar-refractivity contribution in [1.29, 1.82) is 0 Å². The third kappa shape index (κ3) is 4.03. The normalized spacial score (nSPS) is 15.6. The molecule has 3 heterocycles. The van der Waals surface area contributed by atoms with Crippen LogP contribution in [0.5, 0.6) is 0 Å².